The average molecular weight is 278 g/mol. The first-order chi connectivity index (χ1) is 6.70. The van der Waals surface area contributed by atoms with Gasteiger partial charge in [-0.1, -0.05) is 46.3 Å². The zero-order valence-corrected chi connectivity index (χ0v) is 10.3. The zero-order valence-electron chi connectivity index (χ0n) is 7.92. The molecular formula is C11H14BrClO. The number of aryl methyl sites for hydroxylation is 1. The molecular weight excluding hydrogens is 263 g/mol. The number of rotatable bonds is 5. The Hall–Kier alpha value is -0.0500. The van der Waals surface area contributed by atoms with E-state index in [1.807, 2.05) is 18.2 Å². The Morgan fingerprint density at radius 1 is 1.29 bits per heavy atom. The molecule has 78 valence electrons. The normalized spacial score (nSPS) is 15.1. The first-order valence-corrected chi connectivity index (χ1v) is 6.10. The Balaban J connectivity index is 2.48. The lowest BCUT2D eigenvalue weighted by Crippen LogP contribution is -2.28. The molecule has 0 saturated heterocycles. The highest BCUT2D eigenvalue weighted by Crippen LogP contribution is 2.24. The van der Waals surface area contributed by atoms with Crippen molar-refractivity contribution >= 4 is 27.5 Å². The minimum absolute atomic E-state index is 0.00659. The molecule has 1 nitrogen and oxygen atoms in total. The van der Waals surface area contributed by atoms with Crippen LogP contribution in [-0.2, 0) is 6.42 Å². The summed E-state index contributed by atoms with van der Waals surface area (Å²) in [6.45, 7) is 0.00659. The molecule has 0 bridgehead atoms. The molecule has 0 aliphatic rings. The van der Waals surface area contributed by atoms with E-state index in [0.29, 0.717) is 5.33 Å². The molecule has 0 radical (unpaired) electrons. The van der Waals surface area contributed by atoms with Crippen molar-refractivity contribution in [3.63, 3.8) is 0 Å². The van der Waals surface area contributed by atoms with Crippen molar-refractivity contribution in [2.24, 2.45) is 0 Å². The van der Waals surface area contributed by atoms with Crippen LogP contribution in [0.2, 0.25) is 0 Å². The molecule has 1 atom stereocenters. The van der Waals surface area contributed by atoms with Gasteiger partial charge >= 0.3 is 0 Å². The molecule has 0 unspecified atom stereocenters. The van der Waals surface area contributed by atoms with Crippen LogP contribution in [0.1, 0.15) is 12.0 Å². The highest BCUT2D eigenvalue weighted by molar-refractivity contribution is 9.09. The Labute approximate surface area is 98.2 Å². The Bertz CT molecular complexity index is 259. The van der Waals surface area contributed by atoms with Crippen molar-refractivity contribution in [3.05, 3.63) is 35.9 Å². The van der Waals surface area contributed by atoms with Crippen molar-refractivity contribution in [1.29, 1.82) is 0 Å². The van der Waals surface area contributed by atoms with E-state index in [9.17, 15) is 0 Å². The highest BCUT2D eigenvalue weighted by atomic mass is 79.9. The van der Waals surface area contributed by atoms with Gasteiger partial charge in [0.1, 0.15) is 0 Å². The highest BCUT2D eigenvalue weighted by Gasteiger charge is 2.24. The number of hydrogen-bond donors (Lipinski definition) is 1. The quantitative estimate of drug-likeness (QED) is 0.821. The summed E-state index contributed by atoms with van der Waals surface area (Å²) in [5.41, 5.74) is 1.26. The van der Waals surface area contributed by atoms with Gasteiger partial charge in [0.2, 0.25) is 0 Å². The Kier molecular flexibility index (Phi) is 4.93. The van der Waals surface area contributed by atoms with E-state index in [2.05, 4.69) is 28.1 Å². The van der Waals surface area contributed by atoms with Gasteiger partial charge in [-0.15, -0.1) is 11.6 Å². The first-order valence-electron chi connectivity index (χ1n) is 4.60. The molecule has 0 amide bonds. The van der Waals surface area contributed by atoms with Gasteiger partial charge in [-0.05, 0) is 18.4 Å². The fourth-order valence-electron chi connectivity index (χ4n) is 1.20. The zero-order chi connectivity index (χ0) is 10.4. The minimum Gasteiger partial charge on any atom is -0.395 e. The summed E-state index contributed by atoms with van der Waals surface area (Å²) < 4.78 is 0. The van der Waals surface area contributed by atoms with Gasteiger partial charge < -0.3 is 5.11 Å². The largest absolute Gasteiger partial charge is 0.395 e. The minimum atomic E-state index is -0.518. The lowest BCUT2D eigenvalue weighted by atomic mass is 10.0. The third kappa shape index (κ3) is 3.60. The van der Waals surface area contributed by atoms with E-state index in [0.717, 1.165) is 12.8 Å². The molecule has 0 saturated carbocycles. The smallest absolute Gasteiger partial charge is 0.0776 e. The number of benzene rings is 1. The van der Waals surface area contributed by atoms with E-state index in [4.69, 9.17) is 16.7 Å². The maximum atomic E-state index is 9.10. The summed E-state index contributed by atoms with van der Waals surface area (Å²) in [4.78, 5) is -0.518. The van der Waals surface area contributed by atoms with Crippen molar-refractivity contribution in [2.45, 2.75) is 17.7 Å². The van der Waals surface area contributed by atoms with Crippen LogP contribution in [0, 0.1) is 0 Å². The SMILES string of the molecule is OC[C@](Cl)(CBr)CCc1ccccc1. The predicted molar refractivity (Wildman–Crippen MR) is 64.2 cm³/mol. The van der Waals surface area contributed by atoms with Gasteiger partial charge in [-0.2, -0.15) is 0 Å². The lowest BCUT2D eigenvalue weighted by molar-refractivity contribution is 0.249. The summed E-state index contributed by atoms with van der Waals surface area (Å²) in [7, 11) is 0. The van der Waals surface area contributed by atoms with E-state index >= 15 is 0 Å². The molecule has 14 heavy (non-hydrogen) atoms. The molecule has 3 heteroatoms. The summed E-state index contributed by atoms with van der Waals surface area (Å²) in [6.07, 6.45) is 1.68. The maximum absolute atomic E-state index is 9.10. The molecule has 1 rings (SSSR count). The van der Waals surface area contributed by atoms with Gasteiger partial charge in [0.25, 0.3) is 0 Å². The van der Waals surface area contributed by atoms with Crippen LogP contribution in [0.25, 0.3) is 0 Å². The predicted octanol–water partition coefficient (Wildman–Crippen LogP) is 2.98. The summed E-state index contributed by atoms with van der Waals surface area (Å²) in [5.74, 6) is 0. The van der Waals surface area contributed by atoms with Crippen LogP contribution < -0.4 is 0 Å². The second-order valence-corrected chi connectivity index (χ2v) is 4.79. The van der Waals surface area contributed by atoms with Gasteiger partial charge in [0.15, 0.2) is 0 Å². The number of alkyl halides is 2. The number of aliphatic hydroxyl groups is 1. The molecule has 1 aromatic rings. The fourth-order valence-corrected chi connectivity index (χ4v) is 1.75. The second-order valence-electron chi connectivity index (χ2n) is 3.43. The molecule has 0 aromatic heterocycles. The topological polar surface area (TPSA) is 20.2 Å². The van der Waals surface area contributed by atoms with Gasteiger partial charge in [0, 0.05) is 5.33 Å². The molecule has 1 aromatic carbocycles. The van der Waals surface area contributed by atoms with E-state index in [1.165, 1.54) is 5.56 Å². The number of aliphatic hydroxyl groups excluding tert-OH is 1. The van der Waals surface area contributed by atoms with Crippen LogP contribution in [0.15, 0.2) is 30.3 Å². The molecule has 0 aliphatic carbocycles. The first kappa shape index (κ1) is 12.0. The van der Waals surface area contributed by atoms with E-state index in [-0.39, 0.29) is 6.61 Å². The molecule has 0 aliphatic heterocycles. The van der Waals surface area contributed by atoms with Crippen LogP contribution in [-0.4, -0.2) is 21.9 Å². The summed E-state index contributed by atoms with van der Waals surface area (Å²) in [5, 5.41) is 9.72. The Morgan fingerprint density at radius 3 is 2.43 bits per heavy atom. The van der Waals surface area contributed by atoms with Crippen LogP contribution in [0.4, 0.5) is 0 Å². The second kappa shape index (κ2) is 5.74. The van der Waals surface area contributed by atoms with Crippen LogP contribution in [0.5, 0.6) is 0 Å². The molecule has 0 spiro atoms. The maximum Gasteiger partial charge on any atom is 0.0776 e. The third-order valence-electron chi connectivity index (χ3n) is 2.23. The van der Waals surface area contributed by atoms with Gasteiger partial charge in [-0.25, -0.2) is 0 Å². The van der Waals surface area contributed by atoms with Crippen molar-refractivity contribution in [2.75, 3.05) is 11.9 Å². The lowest BCUT2D eigenvalue weighted by Gasteiger charge is -2.21. The fraction of sp³-hybridized carbons (Fsp3) is 0.455. The number of hydrogen-bond acceptors (Lipinski definition) is 1. The summed E-state index contributed by atoms with van der Waals surface area (Å²) in [6, 6.07) is 10.2. The van der Waals surface area contributed by atoms with Crippen molar-refractivity contribution in [3.8, 4) is 0 Å². The van der Waals surface area contributed by atoms with Gasteiger partial charge in [-0.3, -0.25) is 0 Å². The Morgan fingerprint density at radius 2 is 1.93 bits per heavy atom. The van der Waals surface area contributed by atoms with E-state index in [1.54, 1.807) is 0 Å². The number of halogens is 2. The average Bonchev–Trinajstić information content (AvgIpc) is 2.27. The van der Waals surface area contributed by atoms with Crippen LogP contribution in [0.3, 0.4) is 0 Å². The third-order valence-corrected chi connectivity index (χ3v) is 4.07. The molecule has 0 fully saturated rings. The van der Waals surface area contributed by atoms with E-state index < -0.39 is 4.87 Å². The van der Waals surface area contributed by atoms with Crippen LogP contribution >= 0.6 is 27.5 Å². The van der Waals surface area contributed by atoms with Crippen molar-refractivity contribution in [1.82, 2.24) is 0 Å². The molecule has 1 N–H and O–H groups in total. The standard InChI is InChI=1S/C11H14BrClO/c12-8-11(13,9-14)7-6-10-4-2-1-3-5-10/h1-5,14H,6-9H2/t11-/m1/s1. The summed E-state index contributed by atoms with van der Waals surface area (Å²) >= 11 is 9.47. The molecule has 0 heterocycles. The van der Waals surface area contributed by atoms with Gasteiger partial charge in [0.05, 0.1) is 11.5 Å². The van der Waals surface area contributed by atoms with Crippen molar-refractivity contribution < 1.29 is 5.11 Å². The monoisotopic (exact) mass is 276 g/mol.